The van der Waals surface area contributed by atoms with Crippen molar-refractivity contribution in [2.45, 2.75) is 49.5 Å². The molecule has 1 saturated heterocycles. The van der Waals surface area contributed by atoms with E-state index >= 15 is 0 Å². The van der Waals surface area contributed by atoms with E-state index in [1.165, 1.54) is 18.3 Å². The molecule has 4 atom stereocenters. The number of likely N-dealkylation sites (N-methyl/N-ethyl adjacent to an activating group) is 1. The molecule has 12 heteroatoms. The molecule has 35 heavy (non-hydrogen) atoms. The van der Waals surface area contributed by atoms with E-state index in [1.54, 1.807) is 18.2 Å². The highest BCUT2D eigenvalue weighted by atomic mass is 19.4. The molecule has 1 aromatic carbocycles. The highest BCUT2D eigenvalue weighted by Crippen LogP contribution is 2.53. The van der Waals surface area contributed by atoms with Gasteiger partial charge in [0, 0.05) is 30.3 Å². The fraction of sp³-hybridized carbons (Fsp3) is 0.435. The van der Waals surface area contributed by atoms with Crippen LogP contribution >= 0.6 is 0 Å². The summed E-state index contributed by atoms with van der Waals surface area (Å²) in [5.74, 6) is -6.74. The first kappa shape index (κ1) is 23.5. The molecule has 1 saturated carbocycles. The van der Waals surface area contributed by atoms with E-state index in [0.717, 1.165) is 24.8 Å². The number of nitrogens with zero attached hydrogens (tertiary/aromatic N) is 2. The Kier molecular flexibility index (Phi) is 5.29. The van der Waals surface area contributed by atoms with Gasteiger partial charge in [-0.3, -0.25) is 15.4 Å². The second-order valence-corrected chi connectivity index (χ2v) is 8.98. The number of amides is 1. The number of pyridine rings is 1. The second kappa shape index (κ2) is 7.89. The zero-order valence-electron chi connectivity index (χ0n) is 18.6. The number of benzene rings is 1. The summed E-state index contributed by atoms with van der Waals surface area (Å²) in [7, 11) is 1.16. The second-order valence-electron chi connectivity index (χ2n) is 8.98. The van der Waals surface area contributed by atoms with Gasteiger partial charge < -0.3 is 9.47 Å². The van der Waals surface area contributed by atoms with Crippen LogP contribution in [0.3, 0.4) is 0 Å². The van der Waals surface area contributed by atoms with Crippen LogP contribution < -0.4 is 15.8 Å². The fourth-order valence-electron chi connectivity index (χ4n) is 5.37. The lowest BCUT2D eigenvalue weighted by Crippen LogP contribution is -2.66. The van der Waals surface area contributed by atoms with Gasteiger partial charge in [0.25, 0.3) is 5.91 Å². The third kappa shape index (κ3) is 3.54. The number of ether oxygens (including phenoxy) is 2. The summed E-state index contributed by atoms with van der Waals surface area (Å²) in [6.07, 6.45) is -1.75. The molecule has 3 heterocycles. The Morgan fingerprint density at radius 1 is 1.29 bits per heavy atom. The predicted octanol–water partition coefficient (Wildman–Crippen LogP) is 2.77. The van der Waals surface area contributed by atoms with Crippen molar-refractivity contribution < 1.29 is 36.6 Å². The number of esters is 1. The van der Waals surface area contributed by atoms with Crippen LogP contribution in [0.15, 0.2) is 36.5 Å². The number of carbonyl (C=O) groups excluding carboxylic acids is 2. The normalized spacial score (nSPS) is 30.0. The molecule has 2 aromatic rings. The van der Waals surface area contributed by atoms with Crippen LogP contribution in [0.5, 0.6) is 5.75 Å². The number of nitrogens with two attached hydrogens (primary N) is 1. The number of hydrogen-bond donors (Lipinski definition) is 2. The molecule has 2 fully saturated rings. The molecule has 4 unspecified atom stereocenters. The largest absolute Gasteiger partial charge is 0.491 e. The molecule has 1 aliphatic carbocycles. The van der Waals surface area contributed by atoms with Crippen LogP contribution in [0.25, 0.3) is 11.1 Å². The van der Waals surface area contributed by atoms with Crippen LogP contribution in [0.1, 0.15) is 31.2 Å². The molecule has 3 aliphatic rings. The van der Waals surface area contributed by atoms with E-state index in [4.69, 9.17) is 10.5 Å². The summed E-state index contributed by atoms with van der Waals surface area (Å²) in [6, 6.07) is 7.79. The van der Waals surface area contributed by atoms with E-state index in [-0.39, 0.29) is 11.1 Å². The monoisotopic (exact) mass is 494 g/mol. The molecular weight excluding hydrogens is 472 g/mol. The lowest BCUT2D eigenvalue weighted by atomic mass is 9.67. The first-order valence-electron chi connectivity index (χ1n) is 11.1. The number of fused-ring (bicyclic) bond motifs is 4. The van der Waals surface area contributed by atoms with Crippen molar-refractivity contribution >= 4 is 11.9 Å². The summed E-state index contributed by atoms with van der Waals surface area (Å²) < 4.78 is 64.2. The smallest absolute Gasteiger partial charge is 0.490 e. The number of carbonyl (C=O) groups is 2. The number of aromatic nitrogens is 1. The van der Waals surface area contributed by atoms with Gasteiger partial charge in [-0.05, 0) is 49.1 Å². The maximum atomic E-state index is 14.4. The van der Waals surface area contributed by atoms with E-state index in [2.05, 4.69) is 15.0 Å². The lowest BCUT2D eigenvalue weighted by Gasteiger charge is -2.47. The van der Waals surface area contributed by atoms with Gasteiger partial charge >= 0.3 is 18.1 Å². The third-order valence-electron chi connectivity index (χ3n) is 7.01. The minimum absolute atomic E-state index is 0.164. The van der Waals surface area contributed by atoms with Gasteiger partial charge in [-0.2, -0.15) is 17.6 Å². The summed E-state index contributed by atoms with van der Waals surface area (Å²) >= 11 is 0. The molecule has 5 rings (SSSR count). The summed E-state index contributed by atoms with van der Waals surface area (Å²) in [6.45, 7) is 0. The van der Waals surface area contributed by atoms with E-state index in [1.807, 2.05) is 0 Å². The number of hydrogen-bond acceptors (Lipinski definition) is 7. The van der Waals surface area contributed by atoms with Crippen molar-refractivity contribution in [3.63, 3.8) is 0 Å². The molecule has 0 radical (unpaired) electrons. The molecule has 0 bridgehead atoms. The van der Waals surface area contributed by atoms with Crippen LogP contribution in [0, 0.1) is 11.9 Å². The van der Waals surface area contributed by atoms with Gasteiger partial charge in [0.2, 0.25) is 5.95 Å². The van der Waals surface area contributed by atoms with Gasteiger partial charge in [0.1, 0.15) is 17.4 Å². The Balaban J connectivity index is 1.67. The Morgan fingerprint density at radius 3 is 2.74 bits per heavy atom. The van der Waals surface area contributed by atoms with Crippen molar-refractivity contribution in [3.05, 3.63) is 48.0 Å². The summed E-state index contributed by atoms with van der Waals surface area (Å²) in [5.41, 5.74) is 5.24. The van der Waals surface area contributed by atoms with Gasteiger partial charge in [-0.25, -0.2) is 15.1 Å². The van der Waals surface area contributed by atoms with Crippen LogP contribution in [-0.2, 0) is 19.9 Å². The molecule has 1 spiro atoms. The minimum Gasteiger partial charge on any atom is -0.490 e. The molecular formula is C23H22F4N4O4. The standard InChI is InChI=1S/C23H22F4N4O4/c1-31-19(32)21(30-23(31,28)35-20(33)22(25,26)27)14-6-2-3-7-16(14)34-17-9-8-12(11-15(17)21)13-5-4-10-29-18(13)24/h4-5,8-11,14,16,30H,2-3,6-7,28H2,1H3. The molecule has 186 valence electrons. The summed E-state index contributed by atoms with van der Waals surface area (Å²) in [5, 5.41) is 2.76. The van der Waals surface area contributed by atoms with Crippen LogP contribution in [0.4, 0.5) is 17.6 Å². The van der Waals surface area contributed by atoms with Gasteiger partial charge in [0.15, 0.2) is 0 Å². The lowest BCUT2D eigenvalue weighted by molar-refractivity contribution is -0.229. The van der Waals surface area contributed by atoms with Crippen molar-refractivity contribution in [3.8, 4) is 16.9 Å². The van der Waals surface area contributed by atoms with Crippen molar-refractivity contribution in [1.82, 2.24) is 15.2 Å². The fourth-order valence-corrected chi connectivity index (χ4v) is 5.37. The SMILES string of the molecule is CN1C(=O)C2(NC1(N)OC(=O)C(F)(F)F)c1cc(-c3cccnc3F)ccc1OC1CCCCC12. The zero-order valence-corrected chi connectivity index (χ0v) is 18.6. The van der Waals surface area contributed by atoms with Gasteiger partial charge in [-0.15, -0.1) is 0 Å². The number of halogens is 4. The topological polar surface area (TPSA) is 107 Å². The predicted molar refractivity (Wildman–Crippen MR) is 113 cm³/mol. The molecule has 2 aliphatic heterocycles. The highest BCUT2D eigenvalue weighted by molar-refractivity contribution is 5.93. The molecule has 1 amide bonds. The zero-order chi connectivity index (χ0) is 25.2. The van der Waals surface area contributed by atoms with Crippen molar-refractivity contribution in [2.24, 2.45) is 11.7 Å². The Hall–Kier alpha value is -3.25. The van der Waals surface area contributed by atoms with E-state index < -0.39 is 47.5 Å². The van der Waals surface area contributed by atoms with E-state index in [9.17, 15) is 27.2 Å². The van der Waals surface area contributed by atoms with Crippen molar-refractivity contribution in [2.75, 3.05) is 7.05 Å². The van der Waals surface area contributed by atoms with Crippen LogP contribution in [-0.4, -0.2) is 47.1 Å². The average Bonchev–Trinajstić information content (AvgIpc) is 3.01. The number of rotatable bonds is 2. The quantitative estimate of drug-likeness (QED) is 0.286. The summed E-state index contributed by atoms with van der Waals surface area (Å²) in [4.78, 5) is 29.9. The number of nitrogens with one attached hydrogen (secondary N) is 1. The number of alkyl halides is 3. The van der Waals surface area contributed by atoms with Gasteiger partial charge in [-0.1, -0.05) is 12.5 Å². The van der Waals surface area contributed by atoms with Crippen molar-refractivity contribution in [1.29, 1.82) is 0 Å². The highest BCUT2D eigenvalue weighted by Gasteiger charge is 2.67. The van der Waals surface area contributed by atoms with Gasteiger partial charge in [0.05, 0.1) is 0 Å². The van der Waals surface area contributed by atoms with E-state index in [0.29, 0.717) is 24.2 Å². The van der Waals surface area contributed by atoms with Crippen LogP contribution in [0.2, 0.25) is 0 Å². The third-order valence-corrected chi connectivity index (χ3v) is 7.01. The molecule has 1 aromatic heterocycles. The first-order chi connectivity index (χ1) is 16.5. The average molecular weight is 494 g/mol. The first-order valence-corrected chi connectivity index (χ1v) is 11.1. The maximum absolute atomic E-state index is 14.4. The maximum Gasteiger partial charge on any atom is 0.491 e. The Morgan fingerprint density at radius 2 is 2.03 bits per heavy atom. The Bertz CT molecular complexity index is 1210. The molecule has 3 N–H and O–H groups in total. The molecule has 8 nitrogen and oxygen atoms in total. The minimum atomic E-state index is -5.32. The Labute approximate surface area is 197 Å².